The van der Waals surface area contributed by atoms with Gasteiger partial charge in [0.15, 0.2) is 11.5 Å². The van der Waals surface area contributed by atoms with E-state index in [0.29, 0.717) is 6.92 Å². The van der Waals surface area contributed by atoms with Gasteiger partial charge in [0.05, 0.1) is 0 Å². The molecule has 1 unspecified atom stereocenters. The zero-order valence-electron chi connectivity index (χ0n) is 9.44. The van der Waals surface area contributed by atoms with E-state index >= 15 is 0 Å². The maximum atomic E-state index is 13.5. The normalized spacial score (nSPS) is 15.6. The molecule has 0 fully saturated rings. The summed E-state index contributed by atoms with van der Waals surface area (Å²) in [6, 6.07) is 0.717. The van der Waals surface area contributed by atoms with Gasteiger partial charge in [-0.3, -0.25) is 4.79 Å². The van der Waals surface area contributed by atoms with Gasteiger partial charge >= 0.3 is 5.97 Å². The number of carboxylic acid groups (broad SMARTS) is 1. The summed E-state index contributed by atoms with van der Waals surface area (Å²) < 4.78 is 36.9. The largest absolute Gasteiger partial charge is 0.480 e. The van der Waals surface area contributed by atoms with Crippen molar-refractivity contribution in [1.82, 2.24) is 0 Å². The van der Waals surface area contributed by atoms with E-state index in [1.54, 1.807) is 0 Å². The van der Waals surface area contributed by atoms with Gasteiger partial charge in [0.1, 0.15) is 6.04 Å². The van der Waals surface area contributed by atoms with Crippen molar-refractivity contribution in [3.05, 3.63) is 23.3 Å². The number of fused-ring (bicyclic) bond motifs is 1. The van der Waals surface area contributed by atoms with E-state index in [2.05, 4.69) is 0 Å². The summed E-state index contributed by atoms with van der Waals surface area (Å²) >= 11 is 0. The average molecular weight is 259 g/mol. The van der Waals surface area contributed by atoms with Crippen LogP contribution in [0.25, 0.3) is 0 Å². The van der Waals surface area contributed by atoms with Crippen molar-refractivity contribution >= 4 is 5.97 Å². The highest BCUT2D eigenvalue weighted by atomic mass is 19.3. The van der Waals surface area contributed by atoms with E-state index in [1.807, 2.05) is 0 Å². The zero-order valence-corrected chi connectivity index (χ0v) is 9.44. The third-order valence-corrected chi connectivity index (χ3v) is 2.62. The molecule has 0 saturated carbocycles. The number of carbonyl (C=O) groups is 1. The second-order valence-electron chi connectivity index (χ2n) is 4.00. The molecule has 5 nitrogen and oxygen atoms in total. The number of rotatable bonds is 3. The lowest BCUT2D eigenvalue weighted by Crippen LogP contribution is -2.24. The molecule has 1 heterocycles. The van der Waals surface area contributed by atoms with Crippen LogP contribution in [0.5, 0.6) is 11.5 Å². The van der Waals surface area contributed by atoms with E-state index in [0.717, 1.165) is 6.07 Å². The lowest BCUT2D eigenvalue weighted by atomic mass is 9.96. The zero-order chi connectivity index (χ0) is 13.5. The number of nitrogens with two attached hydrogens (primary N) is 1. The number of ether oxygens (including phenoxy) is 2. The van der Waals surface area contributed by atoms with Crippen LogP contribution in [0, 0.1) is 0 Å². The highest BCUT2D eigenvalue weighted by molar-refractivity contribution is 5.76. The lowest BCUT2D eigenvalue weighted by molar-refractivity contribution is -0.138. The number of aliphatic carboxylic acids is 1. The van der Waals surface area contributed by atoms with Crippen LogP contribution in [0.4, 0.5) is 8.78 Å². The maximum Gasteiger partial charge on any atom is 0.325 e. The molecule has 1 aromatic rings. The summed E-state index contributed by atoms with van der Waals surface area (Å²) in [5.74, 6) is -4.23. The molecule has 0 aliphatic carbocycles. The van der Waals surface area contributed by atoms with Crippen LogP contribution >= 0.6 is 0 Å². The van der Waals surface area contributed by atoms with Gasteiger partial charge in [0.2, 0.25) is 6.79 Å². The predicted octanol–water partition coefficient (Wildman–Crippen LogP) is 1.61. The van der Waals surface area contributed by atoms with Gasteiger partial charge in [0.25, 0.3) is 5.92 Å². The summed E-state index contributed by atoms with van der Waals surface area (Å²) in [6.45, 7) is 0.582. The predicted molar refractivity (Wildman–Crippen MR) is 56.7 cm³/mol. The molecule has 0 spiro atoms. The molecule has 0 radical (unpaired) electrons. The number of halogens is 2. The first-order valence-corrected chi connectivity index (χ1v) is 5.11. The molecular weight excluding hydrogens is 248 g/mol. The molecule has 1 aromatic carbocycles. The first-order chi connectivity index (χ1) is 8.30. The Morgan fingerprint density at radius 3 is 2.50 bits per heavy atom. The first kappa shape index (κ1) is 12.6. The fraction of sp³-hybridized carbons (Fsp3) is 0.364. The van der Waals surface area contributed by atoms with Gasteiger partial charge in [-0.2, -0.15) is 0 Å². The molecule has 0 aromatic heterocycles. The van der Waals surface area contributed by atoms with Gasteiger partial charge in [-0.15, -0.1) is 0 Å². The highest BCUT2D eigenvalue weighted by Gasteiger charge is 2.34. The third kappa shape index (κ3) is 2.08. The first-order valence-electron chi connectivity index (χ1n) is 5.11. The minimum absolute atomic E-state index is 0.0875. The van der Waals surface area contributed by atoms with Gasteiger partial charge in [-0.05, 0) is 17.7 Å². The average Bonchev–Trinajstić information content (AvgIpc) is 2.71. The van der Waals surface area contributed by atoms with Crippen LogP contribution in [0.15, 0.2) is 12.1 Å². The molecule has 0 saturated heterocycles. The molecule has 0 bridgehead atoms. The highest BCUT2D eigenvalue weighted by Crippen LogP contribution is 2.41. The van der Waals surface area contributed by atoms with Crippen LogP contribution in [-0.4, -0.2) is 17.9 Å². The molecule has 7 heteroatoms. The smallest absolute Gasteiger partial charge is 0.325 e. The van der Waals surface area contributed by atoms with Gasteiger partial charge in [-0.1, -0.05) is 0 Å². The van der Waals surface area contributed by atoms with Crippen molar-refractivity contribution < 1.29 is 28.2 Å². The molecule has 2 rings (SSSR count). The minimum atomic E-state index is -3.22. The molecule has 1 aliphatic heterocycles. The summed E-state index contributed by atoms with van der Waals surface area (Å²) in [5.41, 5.74) is 4.75. The van der Waals surface area contributed by atoms with Crippen molar-refractivity contribution in [2.45, 2.75) is 18.9 Å². The Morgan fingerprint density at radius 1 is 1.44 bits per heavy atom. The number of alkyl halides is 2. The van der Waals surface area contributed by atoms with Gasteiger partial charge in [0, 0.05) is 12.5 Å². The van der Waals surface area contributed by atoms with Gasteiger partial charge < -0.3 is 20.3 Å². The monoisotopic (exact) mass is 259 g/mol. The molecule has 1 aliphatic rings. The summed E-state index contributed by atoms with van der Waals surface area (Å²) in [7, 11) is 0. The Hall–Kier alpha value is -1.89. The molecule has 0 amide bonds. The standard InChI is InChI=1S/C11H11F2NO4/c1-11(12,13)6-3-8-7(17-4-18-8)2-5(6)9(14)10(15)16/h2-3,9H,4,14H2,1H3,(H,15,16). The SMILES string of the molecule is CC(F)(F)c1cc2c(cc1C(N)C(=O)O)OCO2. The molecule has 3 N–H and O–H groups in total. The van der Waals surface area contributed by atoms with Crippen molar-refractivity contribution in [1.29, 1.82) is 0 Å². The summed E-state index contributed by atoms with van der Waals surface area (Å²) in [4.78, 5) is 10.8. The van der Waals surface area contributed by atoms with Gasteiger partial charge in [-0.25, -0.2) is 8.78 Å². The van der Waals surface area contributed by atoms with Crippen LogP contribution in [0.3, 0.4) is 0 Å². The summed E-state index contributed by atoms with van der Waals surface area (Å²) in [5, 5.41) is 8.83. The van der Waals surface area contributed by atoms with Crippen molar-refractivity contribution in [3.63, 3.8) is 0 Å². The van der Waals surface area contributed by atoms with E-state index < -0.39 is 23.5 Å². The lowest BCUT2D eigenvalue weighted by Gasteiger charge is -2.18. The fourth-order valence-electron chi connectivity index (χ4n) is 1.73. The fourth-order valence-corrected chi connectivity index (χ4v) is 1.73. The van der Waals surface area contributed by atoms with Crippen LogP contribution in [0.1, 0.15) is 24.1 Å². The van der Waals surface area contributed by atoms with Crippen LogP contribution in [-0.2, 0) is 10.7 Å². The second-order valence-corrected chi connectivity index (χ2v) is 4.00. The third-order valence-electron chi connectivity index (χ3n) is 2.62. The molecule has 1 atom stereocenters. The van der Waals surface area contributed by atoms with Crippen LogP contribution < -0.4 is 15.2 Å². The van der Waals surface area contributed by atoms with Crippen molar-refractivity contribution in [2.75, 3.05) is 6.79 Å². The Balaban J connectivity index is 2.59. The minimum Gasteiger partial charge on any atom is -0.480 e. The number of hydrogen-bond donors (Lipinski definition) is 2. The van der Waals surface area contributed by atoms with E-state index in [4.69, 9.17) is 20.3 Å². The van der Waals surface area contributed by atoms with E-state index in [1.165, 1.54) is 6.07 Å². The summed E-state index contributed by atoms with van der Waals surface area (Å²) in [6.07, 6.45) is 0. The number of carboxylic acids is 1. The van der Waals surface area contributed by atoms with Crippen molar-refractivity contribution in [2.24, 2.45) is 5.73 Å². The van der Waals surface area contributed by atoms with E-state index in [-0.39, 0.29) is 23.9 Å². The molecule has 18 heavy (non-hydrogen) atoms. The Morgan fingerprint density at radius 2 is 2.00 bits per heavy atom. The van der Waals surface area contributed by atoms with Crippen LogP contribution in [0.2, 0.25) is 0 Å². The molecular formula is C11H11F2NO4. The Kier molecular flexibility index (Phi) is 2.86. The maximum absolute atomic E-state index is 13.5. The number of hydrogen-bond acceptors (Lipinski definition) is 4. The van der Waals surface area contributed by atoms with E-state index in [9.17, 15) is 13.6 Å². The Bertz CT molecular complexity index is 499. The topological polar surface area (TPSA) is 81.8 Å². The quantitative estimate of drug-likeness (QED) is 0.861. The van der Waals surface area contributed by atoms with Crippen molar-refractivity contribution in [3.8, 4) is 11.5 Å². The second kappa shape index (κ2) is 4.09. The Labute approximate surface area is 101 Å². The number of benzene rings is 1. The molecule has 98 valence electrons.